The Bertz CT molecular complexity index is 958. The summed E-state index contributed by atoms with van der Waals surface area (Å²) in [4.78, 5) is 26.8. The van der Waals surface area contributed by atoms with Crippen molar-refractivity contribution < 1.29 is 14.5 Å². The Morgan fingerprint density at radius 2 is 1.80 bits per heavy atom. The van der Waals surface area contributed by atoms with Crippen LogP contribution in [0.1, 0.15) is 22.3 Å². The smallest absolute Gasteiger partial charge is 0.362 e. The highest BCUT2D eigenvalue weighted by atomic mass is 16.6. The molecular weight excluding hydrogens is 320 g/mol. The van der Waals surface area contributed by atoms with Crippen LogP contribution in [0, 0.1) is 30.9 Å². The van der Waals surface area contributed by atoms with Gasteiger partial charge in [0.05, 0.1) is 10.6 Å². The molecule has 2 aromatic carbocycles. The number of benzene rings is 2. The van der Waals surface area contributed by atoms with E-state index >= 15 is 0 Å². The van der Waals surface area contributed by atoms with E-state index in [9.17, 15) is 14.9 Å². The molecule has 0 aromatic heterocycles. The van der Waals surface area contributed by atoms with Crippen molar-refractivity contribution in [1.29, 1.82) is 0 Å². The van der Waals surface area contributed by atoms with E-state index in [2.05, 4.69) is 4.99 Å². The maximum absolute atomic E-state index is 12.1. The first kappa shape index (κ1) is 16.6. The van der Waals surface area contributed by atoms with Crippen LogP contribution in [-0.4, -0.2) is 16.6 Å². The van der Waals surface area contributed by atoms with Crippen LogP contribution < -0.4 is 0 Å². The van der Waals surface area contributed by atoms with Crippen LogP contribution in [0.15, 0.2) is 47.5 Å². The average molecular weight is 336 g/mol. The van der Waals surface area contributed by atoms with Gasteiger partial charge in [-0.25, -0.2) is 9.79 Å². The molecule has 0 atom stereocenters. The Balaban J connectivity index is 2.02. The van der Waals surface area contributed by atoms with Crippen molar-refractivity contribution in [3.8, 4) is 0 Å². The zero-order valence-electron chi connectivity index (χ0n) is 14.1. The number of carbonyl (C=O) groups excluding carboxylic acids is 1. The molecule has 1 heterocycles. The lowest BCUT2D eigenvalue weighted by atomic mass is 10.0. The van der Waals surface area contributed by atoms with Gasteiger partial charge in [-0.15, -0.1) is 0 Å². The van der Waals surface area contributed by atoms with Gasteiger partial charge in [0, 0.05) is 23.8 Å². The van der Waals surface area contributed by atoms with Crippen molar-refractivity contribution in [2.45, 2.75) is 20.8 Å². The van der Waals surface area contributed by atoms with Crippen molar-refractivity contribution in [3.05, 3.63) is 74.8 Å². The maximum atomic E-state index is 12.1. The largest absolute Gasteiger partial charge is 0.421 e. The first-order chi connectivity index (χ1) is 11.8. The minimum absolute atomic E-state index is 0.0742. The molecular formula is C19H16N2O4. The maximum Gasteiger partial charge on any atom is 0.362 e. The normalized spacial score (nSPS) is 15.2. The van der Waals surface area contributed by atoms with Gasteiger partial charge in [-0.05, 0) is 31.9 Å². The van der Waals surface area contributed by atoms with Crippen LogP contribution in [0.3, 0.4) is 0 Å². The summed E-state index contributed by atoms with van der Waals surface area (Å²) >= 11 is 0. The van der Waals surface area contributed by atoms with Gasteiger partial charge >= 0.3 is 5.97 Å². The number of cyclic esters (lactones) is 1. The molecule has 6 heteroatoms. The summed E-state index contributed by atoms with van der Waals surface area (Å²) in [6.07, 6.45) is 1.57. The topological polar surface area (TPSA) is 81.8 Å². The molecule has 2 aromatic rings. The van der Waals surface area contributed by atoms with Crippen LogP contribution in [0.25, 0.3) is 5.76 Å². The van der Waals surface area contributed by atoms with Gasteiger partial charge in [0.1, 0.15) is 5.76 Å². The molecule has 0 bridgehead atoms. The SMILES string of the molecule is Cc1ccc(C2=CC(=Nc3cc([N+](=O)[O-])ccc3C)C(=O)O2)c(C)c1. The lowest BCUT2D eigenvalue weighted by Gasteiger charge is -2.06. The van der Waals surface area contributed by atoms with E-state index in [1.165, 1.54) is 12.1 Å². The predicted molar refractivity (Wildman–Crippen MR) is 94.9 cm³/mol. The van der Waals surface area contributed by atoms with Gasteiger partial charge in [0.15, 0.2) is 5.71 Å². The fourth-order valence-electron chi connectivity index (χ4n) is 2.63. The number of esters is 1. The highest BCUT2D eigenvalue weighted by Gasteiger charge is 2.25. The number of non-ortho nitro benzene ring substituents is 1. The fourth-order valence-corrected chi connectivity index (χ4v) is 2.63. The Hall–Kier alpha value is -3.28. The van der Waals surface area contributed by atoms with Gasteiger partial charge in [0.25, 0.3) is 5.69 Å². The predicted octanol–water partition coefficient (Wildman–Crippen LogP) is 4.19. The number of aliphatic imine (C=N–C) groups is 1. The molecule has 0 unspecified atom stereocenters. The number of ether oxygens (including phenoxy) is 1. The molecule has 3 rings (SSSR count). The lowest BCUT2D eigenvalue weighted by Crippen LogP contribution is -2.06. The standard InChI is InChI=1S/C19H16N2O4/c1-11-4-7-15(13(3)8-11)18-10-17(19(22)25-18)20-16-9-14(21(23)24)6-5-12(16)2/h4-10H,1-3H3. The summed E-state index contributed by atoms with van der Waals surface area (Å²) in [5.74, 6) is -0.134. The van der Waals surface area contributed by atoms with Crippen molar-refractivity contribution >= 4 is 28.8 Å². The molecule has 0 N–H and O–H groups in total. The Labute approximate surface area is 144 Å². The van der Waals surface area contributed by atoms with Gasteiger partial charge in [0.2, 0.25) is 0 Å². The van der Waals surface area contributed by atoms with Crippen LogP contribution in [-0.2, 0) is 9.53 Å². The van der Waals surface area contributed by atoms with Crippen molar-refractivity contribution in [3.63, 3.8) is 0 Å². The van der Waals surface area contributed by atoms with E-state index in [-0.39, 0.29) is 11.4 Å². The zero-order chi connectivity index (χ0) is 18.1. The quantitative estimate of drug-likeness (QED) is 0.478. The van der Waals surface area contributed by atoms with E-state index < -0.39 is 10.9 Å². The van der Waals surface area contributed by atoms with Gasteiger partial charge < -0.3 is 4.74 Å². The molecule has 0 saturated carbocycles. The number of nitro groups is 1. The lowest BCUT2D eigenvalue weighted by molar-refractivity contribution is -0.384. The van der Waals surface area contributed by atoms with Gasteiger partial charge in [-0.2, -0.15) is 0 Å². The van der Waals surface area contributed by atoms with E-state index in [0.717, 1.165) is 22.3 Å². The molecule has 25 heavy (non-hydrogen) atoms. The first-order valence-electron chi connectivity index (χ1n) is 7.70. The molecule has 1 aliphatic heterocycles. The monoisotopic (exact) mass is 336 g/mol. The number of nitrogens with zero attached hydrogens (tertiary/aromatic N) is 2. The second-order valence-corrected chi connectivity index (χ2v) is 5.94. The summed E-state index contributed by atoms with van der Waals surface area (Å²) in [6, 6.07) is 10.2. The van der Waals surface area contributed by atoms with E-state index in [1.807, 2.05) is 32.0 Å². The molecule has 6 nitrogen and oxygen atoms in total. The van der Waals surface area contributed by atoms with Gasteiger partial charge in [-0.3, -0.25) is 10.1 Å². The van der Waals surface area contributed by atoms with Crippen LogP contribution >= 0.6 is 0 Å². The summed E-state index contributed by atoms with van der Waals surface area (Å²) < 4.78 is 5.33. The highest BCUT2D eigenvalue weighted by molar-refractivity contribution is 6.46. The van der Waals surface area contributed by atoms with Crippen molar-refractivity contribution in [2.75, 3.05) is 0 Å². The van der Waals surface area contributed by atoms with Crippen LogP contribution in [0.2, 0.25) is 0 Å². The second-order valence-electron chi connectivity index (χ2n) is 5.94. The Morgan fingerprint density at radius 1 is 1.04 bits per heavy atom. The number of aryl methyl sites for hydroxylation is 3. The molecule has 0 amide bonds. The summed E-state index contributed by atoms with van der Waals surface area (Å²) in [7, 11) is 0. The van der Waals surface area contributed by atoms with Crippen molar-refractivity contribution in [1.82, 2.24) is 0 Å². The van der Waals surface area contributed by atoms with Crippen LogP contribution in [0.4, 0.5) is 11.4 Å². The third-order valence-electron chi connectivity index (χ3n) is 3.97. The van der Waals surface area contributed by atoms with Crippen molar-refractivity contribution in [2.24, 2.45) is 4.99 Å². The minimum atomic E-state index is -0.569. The zero-order valence-corrected chi connectivity index (χ0v) is 14.1. The summed E-state index contributed by atoms with van der Waals surface area (Å²) in [5.41, 5.74) is 4.09. The number of nitro benzene ring substituents is 1. The molecule has 0 radical (unpaired) electrons. The molecule has 126 valence electrons. The first-order valence-corrected chi connectivity index (χ1v) is 7.70. The summed E-state index contributed by atoms with van der Waals surface area (Å²) in [6.45, 7) is 5.71. The van der Waals surface area contributed by atoms with E-state index in [1.54, 1.807) is 19.1 Å². The molecule has 0 saturated heterocycles. The van der Waals surface area contributed by atoms with E-state index in [0.29, 0.717) is 11.4 Å². The average Bonchev–Trinajstić information content (AvgIpc) is 2.90. The number of carbonyl (C=O) groups is 1. The third kappa shape index (κ3) is 3.33. The van der Waals surface area contributed by atoms with Gasteiger partial charge in [-0.1, -0.05) is 29.8 Å². The fraction of sp³-hybridized carbons (Fsp3) is 0.158. The number of hydrogen-bond acceptors (Lipinski definition) is 5. The molecule has 0 fully saturated rings. The molecule has 1 aliphatic rings. The van der Waals surface area contributed by atoms with E-state index in [4.69, 9.17) is 4.74 Å². The molecule has 0 spiro atoms. The highest BCUT2D eigenvalue weighted by Crippen LogP contribution is 2.29. The third-order valence-corrected chi connectivity index (χ3v) is 3.97. The summed E-state index contributed by atoms with van der Waals surface area (Å²) in [5, 5.41) is 10.9. The minimum Gasteiger partial charge on any atom is -0.421 e. The second kappa shape index (κ2) is 6.32. The number of rotatable bonds is 3. The Morgan fingerprint density at radius 3 is 2.48 bits per heavy atom. The Kier molecular flexibility index (Phi) is 4.19. The molecule has 0 aliphatic carbocycles. The number of hydrogen-bond donors (Lipinski definition) is 0. The van der Waals surface area contributed by atoms with Crippen LogP contribution in [0.5, 0.6) is 0 Å².